The van der Waals surface area contributed by atoms with E-state index < -0.39 is 0 Å². The van der Waals surface area contributed by atoms with Crippen LogP contribution in [0.15, 0.2) is 22.4 Å². The number of hydrogen-bond donors (Lipinski definition) is 1. The van der Waals surface area contributed by atoms with Crippen LogP contribution >= 0.6 is 23.1 Å². The maximum absolute atomic E-state index is 10.8. The van der Waals surface area contributed by atoms with Gasteiger partial charge in [-0.2, -0.15) is 0 Å². The number of rotatable bonds is 2. The van der Waals surface area contributed by atoms with E-state index >= 15 is 0 Å². The second-order valence-corrected chi connectivity index (χ2v) is 4.60. The molecule has 2 aromatic rings. The molecule has 0 amide bonds. The van der Waals surface area contributed by atoms with Gasteiger partial charge in [-0.15, -0.1) is 23.1 Å². The molecule has 1 heterocycles. The van der Waals surface area contributed by atoms with Crippen molar-refractivity contribution in [1.82, 2.24) is 0 Å². The highest BCUT2D eigenvalue weighted by atomic mass is 32.2. The van der Waals surface area contributed by atoms with Crippen molar-refractivity contribution in [3.63, 3.8) is 0 Å². The largest absolute Gasteiger partial charge is 0.398 e. The Bertz CT molecular complexity index is 490. The van der Waals surface area contributed by atoms with Crippen molar-refractivity contribution in [3.05, 3.63) is 23.1 Å². The molecular weight excluding hydrogens is 214 g/mol. The maximum atomic E-state index is 10.8. The fraction of sp³-hybridized carbons (Fsp3) is 0.100. The van der Waals surface area contributed by atoms with Gasteiger partial charge in [0.25, 0.3) is 0 Å². The molecule has 2 rings (SSSR count). The van der Waals surface area contributed by atoms with Gasteiger partial charge in [-0.05, 0) is 23.8 Å². The van der Waals surface area contributed by atoms with Gasteiger partial charge in [-0.25, -0.2) is 0 Å². The van der Waals surface area contributed by atoms with Crippen LogP contribution in [0.25, 0.3) is 10.1 Å². The van der Waals surface area contributed by atoms with Gasteiger partial charge in [0, 0.05) is 21.5 Å². The smallest absolute Gasteiger partial charge is 0.150 e. The van der Waals surface area contributed by atoms with Crippen molar-refractivity contribution < 1.29 is 4.79 Å². The molecule has 0 saturated carbocycles. The third kappa shape index (κ3) is 1.31. The fourth-order valence-electron chi connectivity index (χ4n) is 1.46. The maximum Gasteiger partial charge on any atom is 0.150 e. The molecule has 0 aliphatic carbocycles. The zero-order valence-electron chi connectivity index (χ0n) is 7.61. The van der Waals surface area contributed by atoms with Crippen molar-refractivity contribution >= 4 is 45.2 Å². The summed E-state index contributed by atoms with van der Waals surface area (Å²) >= 11 is 3.24. The molecule has 0 unspecified atom stereocenters. The van der Waals surface area contributed by atoms with E-state index in [-0.39, 0.29) is 0 Å². The lowest BCUT2D eigenvalue weighted by Crippen LogP contribution is -1.91. The highest BCUT2D eigenvalue weighted by Gasteiger charge is 2.09. The van der Waals surface area contributed by atoms with Crippen LogP contribution in [0.2, 0.25) is 0 Å². The van der Waals surface area contributed by atoms with Gasteiger partial charge in [0.1, 0.15) is 0 Å². The first-order valence-corrected chi connectivity index (χ1v) is 6.17. The van der Waals surface area contributed by atoms with E-state index in [0.29, 0.717) is 11.3 Å². The number of nitrogen functional groups attached to an aromatic ring is 1. The second-order valence-electron chi connectivity index (χ2n) is 2.87. The zero-order valence-corrected chi connectivity index (χ0v) is 9.24. The van der Waals surface area contributed by atoms with Gasteiger partial charge in [0.05, 0.1) is 4.70 Å². The van der Waals surface area contributed by atoms with Crippen molar-refractivity contribution in [2.75, 3.05) is 12.0 Å². The van der Waals surface area contributed by atoms with Crippen LogP contribution in [-0.2, 0) is 0 Å². The number of hydrogen-bond acceptors (Lipinski definition) is 4. The minimum atomic E-state index is 0.677. The van der Waals surface area contributed by atoms with Gasteiger partial charge in [-0.3, -0.25) is 4.79 Å². The minimum absolute atomic E-state index is 0.677. The number of carbonyl (C=O) groups is 1. The van der Waals surface area contributed by atoms with E-state index in [1.54, 1.807) is 29.2 Å². The lowest BCUT2D eigenvalue weighted by Gasteiger charge is -2.05. The predicted molar refractivity (Wildman–Crippen MR) is 63.4 cm³/mol. The molecule has 14 heavy (non-hydrogen) atoms. The lowest BCUT2D eigenvalue weighted by atomic mass is 10.1. The van der Waals surface area contributed by atoms with Crippen LogP contribution in [0, 0.1) is 0 Å². The van der Waals surface area contributed by atoms with Crippen LogP contribution in [0.3, 0.4) is 0 Å². The van der Waals surface area contributed by atoms with Gasteiger partial charge < -0.3 is 5.73 Å². The summed E-state index contributed by atoms with van der Waals surface area (Å²) < 4.78 is 1.11. The first-order chi connectivity index (χ1) is 6.77. The molecule has 0 bridgehead atoms. The van der Waals surface area contributed by atoms with E-state index in [0.717, 1.165) is 21.3 Å². The highest BCUT2D eigenvalue weighted by molar-refractivity contribution is 7.99. The van der Waals surface area contributed by atoms with Crippen LogP contribution in [0.5, 0.6) is 0 Å². The Kier molecular flexibility index (Phi) is 2.48. The SMILES string of the molecule is CSc1c(N)cc(C=O)c2ccsc12. The number of nitrogens with two attached hydrogens (primary N) is 1. The Morgan fingerprint density at radius 2 is 2.36 bits per heavy atom. The Morgan fingerprint density at radius 3 is 3.00 bits per heavy atom. The van der Waals surface area contributed by atoms with E-state index in [4.69, 9.17) is 5.73 Å². The van der Waals surface area contributed by atoms with E-state index in [2.05, 4.69) is 0 Å². The number of carbonyl (C=O) groups excluding carboxylic acids is 1. The number of thiophene rings is 1. The molecule has 0 aliphatic heterocycles. The summed E-state index contributed by atoms with van der Waals surface area (Å²) in [4.78, 5) is 11.9. The lowest BCUT2D eigenvalue weighted by molar-refractivity contribution is 0.112. The molecule has 0 saturated heterocycles. The number of aldehydes is 1. The summed E-state index contributed by atoms with van der Waals surface area (Å²) in [5, 5.41) is 2.99. The van der Waals surface area contributed by atoms with Gasteiger partial charge >= 0.3 is 0 Å². The zero-order chi connectivity index (χ0) is 10.1. The second kappa shape index (κ2) is 3.63. The first-order valence-electron chi connectivity index (χ1n) is 4.06. The predicted octanol–water partition coefficient (Wildman–Crippen LogP) is 3.02. The van der Waals surface area contributed by atoms with Crippen molar-refractivity contribution in [2.24, 2.45) is 0 Å². The molecule has 2 nitrogen and oxygen atoms in total. The van der Waals surface area contributed by atoms with E-state index in [1.165, 1.54) is 0 Å². The van der Waals surface area contributed by atoms with Crippen LogP contribution < -0.4 is 5.73 Å². The van der Waals surface area contributed by atoms with Gasteiger partial charge in [0.2, 0.25) is 0 Å². The Balaban J connectivity index is 2.88. The molecule has 0 spiro atoms. The topological polar surface area (TPSA) is 43.1 Å². The van der Waals surface area contributed by atoms with E-state index in [1.807, 2.05) is 17.7 Å². The number of thioether (sulfide) groups is 1. The van der Waals surface area contributed by atoms with Crippen LogP contribution in [-0.4, -0.2) is 12.5 Å². The monoisotopic (exact) mass is 223 g/mol. The summed E-state index contributed by atoms with van der Waals surface area (Å²) in [5.41, 5.74) is 7.23. The van der Waals surface area contributed by atoms with Crippen LogP contribution in [0.4, 0.5) is 5.69 Å². The Morgan fingerprint density at radius 1 is 1.57 bits per heavy atom. The molecule has 0 radical (unpaired) electrons. The quantitative estimate of drug-likeness (QED) is 0.483. The average Bonchev–Trinajstić information content (AvgIpc) is 2.65. The number of anilines is 1. The Hall–Kier alpha value is -1.000. The van der Waals surface area contributed by atoms with Gasteiger partial charge in [0.15, 0.2) is 6.29 Å². The summed E-state index contributed by atoms with van der Waals surface area (Å²) in [7, 11) is 0. The highest BCUT2D eigenvalue weighted by Crippen LogP contribution is 2.37. The molecule has 0 atom stereocenters. The average molecular weight is 223 g/mol. The number of benzene rings is 1. The van der Waals surface area contributed by atoms with Crippen molar-refractivity contribution in [3.8, 4) is 0 Å². The molecule has 2 N–H and O–H groups in total. The molecule has 4 heteroatoms. The standard InChI is InChI=1S/C10H9NOS2/c1-13-10-8(11)4-6(5-12)7-2-3-14-9(7)10/h2-5H,11H2,1H3. The first kappa shape index (κ1) is 9.55. The molecule has 72 valence electrons. The Labute approximate surface area is 90.1 Å². The molecule has 1 aromatic carbocycles. The third-order valence-electron chi connectivity index (χ3n) is 2.09. The summed E-state index contributed by atoms with van der Waals surface area (Å²) in [5.74, 6) is 0. The summed E-state index contributed by atoms with van der Waals surface area (Å²) in [6.07, 6.45) is 2.85. The fourth-order valence-corrected chi connectivity index (χ4v) is 3.32. The normalized spacial score (nSPS) is 10.6. The molecule has 1 aromatic heterocycles. The van der Waals surface area contributed by atoms with Gasteiger partial charge in [-0.1, -0.05) is 0 Å². The molecular formula is C10H9NOS2. The summed E-state index contributed by atoms with van der Waals surface area (Å²) in [6.45, 7) is 0. The molecule has 0 aliphatic rings. The number of fused-ring (bicyclic) bond motifs is 1. The molecule has 0 fully saturated rings. The minimum Gasteiger partial charge on any atom is -0.398 e. The van der Waals surface area contributed by atoms with Crippen molar-refractivity contribution in [1.29, 1.82) is 0 Å². The van der Waals surface area contributed by atoms with Crippen molar-refractivity contribution in [2.45, 2.75) is 4.90 Å². The third-order valence-corrected chi connectivity index (χ3v) is 4.00. The summed E-state index contributed by atoms with van der Waals surface area (Å²) in [6, 6.07) is 3.71. The van der Waals surface area contributed by atoms with Crippen LogP contribution in [0.1, 0.15) is 10.4 Å². The van der Waals surface area contributed by atoms with E-state index in [9.17, 15) is 4.79 Å².